The maximum absolute atomic E-state index is 11.4. The van der Waals surface area contributed by atoms with Crippen LogP contribution >= 0.6 is 11.3 Å². The molecule has 1 aliphatic heterocycles. The average Bonchev–Trinajstić information content (AvgIpc) is 2.86. The van der Waals surface area contributed by atoms with Crippen LogP contribution in [-0.4, -0.2) is 35.1 Å². The van der Waals surface area contributed by atoms with E-state index in [1.165, 1.54) is 4.88 Å². The Bertz CT molecular complexity index is 529. The Morgan fingerprint density at radius 2 is 2.40 bits per heavy atom. The number of amides is 1. The standard InChI is InChI=1S/C15H20N2O2S/c1-11-4-5-13(15(16)19)9-17(11)10-14-12(3-2-7-18)6-8-20-14/h6,8,11,13,18H,4-5,7,9-10H2,1H3,(H2,16,19). The molecule has 1 amide bonds. The number of rotatable bonds is 3. The number of carbonyl (C=O) groups is 1. The second-order valence-corrected chi connectivity index (χ2v) is 6.17. The van der Waals surface area contributed by atoms with Gasteiger partial charge in [0.25, 0.3) is 0 Å². The minimum atomic E-state index is -0.201. The summed E-state index contributed by atoms with van der Waals surface area (Å²) >= 11 is 1.66. The molecule has 1 aliphatic rings. The quantitative estimate of drug-likeness (QED) is 0.822. The number of likely N-dealkylation sites (tertiary alicyclic amines) is 1. The number of hydrogen-bond donors (Lipinski definition) is 2. The van der Waals surface area contributed by atoms with Crippen LogP contribution in [0.25, 0.3) is 0 Å². The molecule has 1 fully saturated rings. The van der Waals surface area contributed by atoms with Crippen LogP contribution in [-0.2, 0) is 11.3 Å². The lowest BCUT2D eigenvalue weighted by atomic mass is 9.93. The van der Waals surface area contributed by atoms with Crippen molar-refractivity contribution in [1.29, 1.82) is 0 Å². The predicted molar refractivity (Wildman–Crippen MR) is 80.1 cm³/mol. The first-order valence-electron chi connectivity index (χ1n) is 6.81. The van der Waals surface area contributed by atoms with E-state index in [9.17, 15) is 4.79 Å². The van der Waals surface area contributed by atoms with Gasteiger partial charge in [-0.15, -0.1) is 11.3 Å². The fraction of sp³-hybridized carbons (Fsp3) is 0.533. The van der Waals surface area contributed by atoms with Crippen molar-refractivity contribution < 1.29 is 9.90 Å². The number of primary amides is 1. The number of aliphatic hydroxyl groups excluding tert-OH is 1. The molecule has 4 nitrogen and oxygen atoms in total. The third-order valence-corrected chi connectivity index (χ3v) is 4.71. The molecule has 0 aromatic carbocycles. The molecule has 20 heavy (non-hydrogen) atoms. The molecule has 3 N–H and O–H groups in total. The van der Waals surface area contributed by atoms with Gasteiger partial charge in [0.15, 0.2) is 0 Å². The van der Waals surface area contributed by atoms with E-state index in [0.717, 1.165) is 31.5 Å². The Morgan fingerprint density at radius 3 is 3.10 bits per heavy atom. The van der Waals surface area contributed by atoms with Crippen LogP contribution in [0.2, 0.25) is 0 Å². The first kappa shape index (κ1) is 15.0. The van der Waals surface area contributed by atoms with Gasteiger partial charge < -0.3 is 10.8 Å². The predicted octanol–water partition coefficient (Wildman–Crippen LogP) is 1.18. The fourth-order valence-electron chi connectivity index (χ4n) is 2.53. The molecule has 1 aromatic rings. The first-order chi connectivity index (χ1) is 9.61. The van der Waals surface area contributed by atoms with E-state index in [2.05, 4.69) is 23.7 Å². The highest BCUT2D eigenvalue weighted by Gasteiger charge is 2.29. The second kappa shape index (κ2) is 6.89. The molecule has 2 unspecified atom stereocenters. The highest BCUT2D eigenvalue weighted by molar-refractivity contribution is 7.10. The summed E-state index contributed by atoms with van der Waals surface area (Å²) in [7, 11) is 0. The monoisotopic (exact) mass is 292 g/mol. The molecular formula is C15H20N2O2S. The third-order valence-electron chi connectivity index (χ3n) is 3.81. The van der Waals surface area contributed by atoms with E-state index in [4.69, 9.17) is 10.8 Å². The largest absolute Gasteiger partial charge is 0.384 e. The summed E-state index contributed by atoms with van der Waals surface area (Å²) in [5, 5.41) is 10.8. The van der Waals surface area contributed by atoms with Crippen molar-refractivity contribution in [1.82, 2.24) is 4.90 Å². The van der Waals surface area contributed by atoms with Crippen molar-refractivity contribution in [3.8, 4) is 11.8 Å². The molecule has 0 aliphatic carbocycles. The number of aliphatic hydroxyl groups is 1. The van der Waals surface area contributed by atoms with Gasteiger partial charge in [0.2, 0.25) is 5.91 Å². The van der Waals surface area contributed by atoms with Crippen molar-refractivity contribution in [2.24, 2.45) is 11.7 Å². The van der Waals surface area contributed by atoms with Gasteiger partial charge in [-0.2, -0.15) is 0 Å². The van der Waals surface area contributed by atoms with E-state index < -0.39 is 0 Å². The Kier molecular flexibility index (Phi) is 5.18. The summed E-state index contributed by atoms with van der Waals surface area (Å²) in [5.74, 6) is 5.42. The average molecular weight is 292 g/mol. The Balaban J connectivity index is 2.08. The molecule has 2 atom stereocenters. The lowest BCUT2D eigenvalue weighted by Gasteiger charge is -2.36. The molecular weight excluding hydrogens is 272 g/mol. The lowest BCUT2D eigenvalue weighted by Crippen LogP contribution is -2.45. The topological polar surface area (TPSA) is 66.6 Å². The second-order valence-electron chi connectivity index (χ2n) is 5.17. The van der Waals surface area contributed by atoms with E-state index >= 15 is 0 Å². The number of carbonyl (C=O) groups excluding carboxylic acids is 1. The Morgan fingerprint density at radius 1 is 1.60 bits per heavy atom. The molecule has 1 saturated heterocycles. The van der Waals surface area contributed by atoms with Gasteiger partial charge in [0.05, 0.1) is 5.92 Å². The highest BCUT2D eigenvalue weighted by atomic mass is 32.1. The van der Waals surface area contributed by atoms with Crippen LogP contribution in [0.15, 0.2) is 11.4 Å². The number of thiophene rings is 1. The molecule has 0 bridgehead atoms. The van der Waals surface area contributed by atoms with Gasteiger partial charge in [0, 0.05) is 29.6 Å². The first-order valence-corrected chi connectivity index (χ1v) is 7.69. The molecule has 1 aromatic heterocycles. The number of piperidine rings is 1. The smallest absolute Gasteiger partial charge is 0.221 e. The summed E-state index contributed by atoms with van der Waals surface area (Å²) in [6, 6.07) is 2.43. The minimum absolute atomic E-state index is 0.0434. The normalized spacial score (nSPS) is 23.1. The number of nitrogens with zero attached hydrogens (tertiary/aromatic N) is 1. The van der Waals surface area contributed by atoms with Crippen LogP contribution in [0.1, 0.15) is 30.2 Å². The Labute approximate surface area is 123 Å². The van der Waals surface area contributed by atoms with Gasteiger partial charge in [-0.1, -0.05) is 11.8 Å². The molecule has 2 rings (SSSR count). The lowest BCUT2D eigenvalue weighted by molar-refractivity contribution is -0.124. The van der Waals surface area contributed by atoms with Crippen molar-refractivity contribution in [2.75, 3.05) is 13.2 Å². The van der Waals surface area contributed by atoms with Crippen LogP contribution in [0.3, 0.4) is 0 Å². The van der Waals surface area contributed by atoms with Gasteiger partial charge in [-0.3, -0.25) is 9.69 Å². The summed E-state index contributed by atoms with van der Waals surface area (Å²) < 4.78 is 0. The summed E-state index contributed by atoms with van der Waals surface area (Å²) in [5.41, 5.74) is 6.40. The van der Waals surface area contributed by atoms with Gasteiger partial charge >= 0.3 is 0 Å². The van der Waals surface area contributed by atoms with Crippen LogP contribution in [0, 0.1) is 17.8 Å². The maximum atomic E-state index is 11.4. The SMILES string of the molecule is CC1CCC(C(N)=O)CN1Cc1sccc1C#CCO. The summed E-state index contributed by atoms with van der Waals surface area (Å²) in [4.78, 5) is 14.8. The zero-order chi connectivity index (χ0) is 14.5. The molecule has 5 heteroatoms. The zero-order valence-electron chi connectivity index (χ0n) is 11.6. The number of nitrogens with two attached hydrogens (primary N) is 1. The van der Waals surface area contributed by atoms with Crippen molar-refractivity contribution >= 4 is 17.2 Å². The fourth-order valence-corrected chi connectivity index (χ4v) is 3.38. The van der Waals surface area contributed by atoms with Crippen LogP contribution < -0.4 is 5.73 Å². The molecule has 0 radical (unpaired) electrons. The van der Waals surface area contributed by atoms with Crippen molar-refractivity contribution in [3.63, 3.8) is 0 Å². The molecule has 2 heterocycles. The zero-order valence-corrected chi connectivity index (χ0v) is 12.4. The minimum Gasteiger partial charge on any atom is -0.384 e. The van der Waals surface area contributed by atoms with E-state index in [-0.39, 0.29) is 18.4 Å². The maximum Gasteiger partial charge on any atom is 0.221 e. The van der Waals surface area contributed by atoms with Crippen molar-refractivity contribution in [2.45, 2.75) is 32.4 Å². The van der Waals surface area contributed by atoms with Gasteiger partial charge in [-0.05, 0) is 31.2 Å². The molecule has 108 valence electrons. The summed E-state index contributed by atoms with van der Waals surface area (Å²) in [6.45, 7) is 3.57. The number of hydrogen-bond acceptors (Lipinski definition) is 4. The van der Waals surface area contributed by atoms with Crippen LogP contribution in [0.5, 0.6) is 0 Å². The highest BCUT2D eigenvalue weighted by Crippen LogP contribution is 2.26. The molecule has 0 saturated carbocycles. The van der Waals surface area contributed by atoms with Gasteiger partial charge in [-0.25, -0.2) is 0 Å². The van der Waals surface area contributed by atoms with Gasteiger partial charge in [0.1, 0.15) is 6.61 Å². The Hall–Kier alpha value is -1.35. The molecule has 0 spiro atoms. The van der Waals surface area contributed by atoms with Crippen molar-refractivity contribution in [3.05, 3.63) is 21.9 Å². The summed E-state index contributed by atoms with van der Waals surface area (Å²) in [6.07, 6.45) is 1.88. The third kappa shape index (κ3) is 3.60. The van der Waals surface area contributed by atoms with E-state index in [1.54, 1.807) is 11.3 Å². The van der Waals surface area contributed by atoms with E-state index in [1.807, 2.05) is 11.4 Å². The van der Waals surface area contributed by atoms with Crippen LogP contribution in [0.4, 0.5) is 0 Å². The van der Waals surface area contributed by atoms with E-state index in [0.29, 0.717) is 6.04 Å².